The first-order valence-corrected chi connectivity index (χ1v) is 8.36. The molecule has 0 bridgehead atoms. The van der Waals surface area contributed by atoms with Gasteiger partial charge in [-0.15, -0.1) is 6.42 Å². The van der Waals surface area contributed by atoms with E-state index in [0.717, 1.165) is 0 Å². The van der Waals surface area contributed by atoms with Crippen molar-refractivity contribution < 1.29 is 13.8 Å². The molecule has 1 atom stereocenters. The number of halogens is 1. The molecule has 0 fully saturated rings. The lowest BCUT2D eigenvalue weighted by Crippen LogP contribution is -2.39. The SMILES string of the molecule is C#CCNC(=O)CNC(=O)Nc1ccc(Cl)c(C[S@@](C)=O)c1. The Hall–Kier alpha value is -2.04. The minimum Gasteiger partial charge on any atom is -0.344 e. The summed E-state index contributed by atoms with van der Waals surface area (Å²) in [6, 6.07) is 4.32. The van der Waals surface area contributed by atoms with E-state index in [9.17, 15) is 13.8 Å². The molecule has 1 rings (SSSR count). The van der Waals surface area contributed by atoms with Crippen LogP contribution in [0, 0.1) is 12.3 Å². The third-order valence-corrected chi connectivity index (χ3v) is 3.55. The van der Waals surface area contributed by atoms with Crippen molar-refractivity contribution in [3.05, 3.63) is 28.8 Å². The summed E-state index contributed by atoms with van der Waals surface area (Å²) in [6.07, 6.45) is 6.57. The molecule has 1 aromatic rings. The average molecular weight is 342 g/mol. The lowest BCUT2D eigenvalue weighted by Gasteiger charge is -2.09. The number of terminal acetylenes is 1. The van der Waals surface area contributed by atoms with Gasteiger partial charge in [-0.1, -0.05) is 17.5 Å². The highest BCUT2D eigenvalue weighted by Crippen LogP contribution is 2.21. The summed E-state index contributed by atoms with van der Waals surface area (Å²) in [5.74, 6) is 2.17. The van der Waals surface area contributed by atoms with Crippen molar-refractivity contribution in [1.29, 1.82) is 0 Å². The summed E-state index contributed by atoms with van der Waals surface area (Å²) in [4.78, 5) is 23.0. The van der Waals surface area contributed by atoms with E-state index in [1.807, 2.05) is 0 Å². The van der Waals surface area contributed by atoms with E-state index in [1.165, 1.54) is 0 Å². The normalized spacial score (nSPS) is 11.1. The molecule has 0 aromatic heterocycles. The summed E-state index contributed by atoms with van der Waals surface area (Å²) >= 11 is 6.00. The highest BCUT2D eigenvalue weighted by atomic mass is 35.5. The molecular weight excluding hydrogens is 326 g/mol. The quantitative estimate of drug-likeness (QED) is 0.677. The number of rotatable bonds is 6. The van der Waals surface area contributed by atoms with Crippen molar-refractivity contribution in [3.63, 3.8) is 0 Å². The Labute approximate surface area is 136 Å². The fourth-order valence-corrected chi connectivity index (χ4v) is 2.47. The van der Waals surface area contributed by atoms with Crippen LogP contribution in [0.1, 0.15) is 5.56 Å². The lowest BCUT2D eigenvalue weighted by atomic mass is 10.2. The molecule has 0 aliphatic carbocycles. The van der Waals surface area contributed by atoms with Crippen molar-refractivity contribution in [2.75, 3.05) is 24.7 Å². The second-order valence-electron chi connectivity index (χ2n) is 4.31. The van der Waals surface area contributed by atoms with Gasteiger partial charge in [0.2, 0.25) is 5.91 Å². The predicted molar refractivity (Wildman–Crippen MR) is 88.1 cm³/mol. The van der Waals surface area contributed by atoms with E-state index in [2.05, 4.69) is 21.9 Å². The monoisotopic (exact) mass is 341 g/mol. The van der Waals surface area contributed by atoms with Gasteiger partial charge in [0, 0.05) is 33.5 Å². The molecule has 0 radical (unpaired) electrons. The van der Waals surface area contributed by atoms with Crippen LogP contribution in [0.3, 0.4) is 0 Å². The van der Waals surface area contributed by atoms with Crippen molar-refractivity contribution in [3.8, 4) is 12.3 Å². The number of carbonyl (C=O) groups is 2. The molecule has 0 saturated carbocycles. The summed E-state index contributed by atoms with van der Waals surface area (Å²) in [6.45, 7) is -0.0796. The van der Waals surface area contributed by atoms with Crippen LogP contribution in [-0.4, -0.2) is 35.5 Å². The van der Waals surface area contributed by atoms with Crippen LogP contribution in [0.4, 0.5) is 10.5 Å². The predicted octanol–water partition coefficient (Wildman–Crippen LogP) is 1.09. The number of anilines is 1. The molecule has 3 N–H and O–H groups in total. The molecule has 1 aromatic carbocycles. The molecule has 0 spiro atoms. The minimum atomic E-state index is -1.04. The Kier molecular flexibility index (Phi) is 7.43. The van der Waals surface area contributed by atoms with Crippen LogP contribution >= 0.6 is 11.6 Å². The Balaban J connectivity index is 2.56. The molecule has 0 unspecified atom stereocenters. The molecule has 0 aliphatic rings. The molecule has 0 aliphatic heterocycles. The van der Waals surface area contributed by atoms with Crippen LogP contribution < -0.4 is 16.0 Å². The molecule has 0 heterocycles. The molecular formula is C14H16ClN3O3S. The van der Waals surface area contributed by atoms with E-state index < -0.39 is 16.8 Å². The van der Waals surface area contributed by atoms with Gasteiger partial charge in [-0.05, 0) is 23.8 Å². The van der Waals surface area contributed by atoms with Gasteiger partial charge in [-0.25, -0.2) is 4.79 Å². The van der Waals surface area contributed by atoms with Gasteiger partial charge in [0.1, 0.15) is 0 Å². The fraction of sp³-hybridized carbons (Fsp3) is 0.286. The molecule has 6 nitrogen and oxygen atoms in total. The van der Waals surface area contributed by atoms with Crippen LogP contribution in [0.25, 0.3) is 0 Å². The maximum Gasteiger partial charge on any atom is 0.319 e. The van der Waals surface area contributed by atoms with Crippen molar-refractivity contribution in [2.45, 2.75) is 5.75 Å². The van der Waals surface area contributed by atoms with Crippen molar-refractivity contribution >= 4 is 40.0 Å². The zero-order valence-electron chi connectivity index (χ0n) is 11.9. The number of carbonyl (C=O) groups excluding carboxylic acids is 2. The first-order chi connectivity index (χ1) is 10.4. The number of hydrogen-bond donors (Lipinski definition) is 3. The second-order valence-corrected chi connectivity index (χ2v) is 6.15. The van der Waals surface area contributed by atoms with E-state index in [-0.39, 0.29) is 19.0 Å². The van der Waals surface area contributed by atoms with Gasteiger partial charge < -0.3 is 16.0 Å². The van der Waals surface area contributed by atoms with Crippen LogP contribution in [0.2, 0.25) is 5.02 Å². The largest absolute Gasteiger partial charge is 0.344 e. The summed E-state index contributed by atoms with van der Waals surface area (Å²) < 4.78 is 11.3. The zero-order chi connectivity index (χ0) is 16.5. The summed E-state index contributed by atoms with van der Waals surface area (Å²) in [7, 11) is -1.04. The Morgan fingerprint density at radius 1 is 1.36 bits per heavy atom. The third-order valence-electron chi connectivity index (χ3n) is 2.46. The van der Waals surface area contributed by atoms with Gasteiger partial charge in [-0.2, -0.15) is 0 Å². The molecule has 8 heteroatoms. The van der Waals surface area contributed by atoms with Crippen LogP contribution in [-0.2, 0) is 21.3 Å². The van der Waals surface area contributed by atoms with Crippen LogP contribution in [0.5, 0.6) is 0 Å². The van der Waals surface area contributed by atoms with E-state index in [1.54, 1.807) is 24.5 Å². The van der Waals surface area contributed by atoms with Crippen LogP contribution in [0.15, 0.2) is 18.2 Å². The summed E-state index contributed by atoms with van der Waals surface area (Å²) in [5, 5.41) is 7.86. The second kappa shape index (κ2) is 9.07. The molecule has 118 valence electrons. The van der Waals surface area contributed by atoms with Gasteiger partial charge in [-0.3, -0.25) is 9.00 Å². The maximum atomic E-state index is 11.7. The minimum absolute atomic E-state index is 0.108. The van der Waals surface area contributed by atoms with Crippen molar-refractivity contribution in [2.24, 2.45) is 0 Å². The number of urea groups is 1. The van der Waals surface area contributed by atoms with Gasteiger partial charge in [0.05, 0.1) is 13.1 Å². The number of amides is 3. The first kappa shape index (κ1) is 18.0. The standard InChI is InChI=1S/C14H16ClN3O3S/c1-3-6-16-13(19)8-17-14(20)18-11-4-5-12(15)10(7-11)9-22(2)21/h1,4-5,7H,6,8-9H2,2H3,(H,16,19)(H2,17,18,20)/t22-/m1/s1. The first-order valence-electron chi connectivity index (χ1n) is 6.26. The third kappa shape index (κ3) is 6.61. The van der Waals surface area contributed by atoms with E-state index in [0.29, 0.717) is 22.0 Å². The van der Waals surface area contributed by atoms with E-state index in [4.69, 9.17) is 18.0 Å². The molecule has 3 amide bonds. The molecule has 22 heavy (non-hydrogen) atoms. The lowest BCUT2D eigenvalue weighted by molar-refractivity contribution is -0.119. The van der Waals surface area contributed by atoms with Gasteiger partial charge >= 0.3 is 6.03 Å². The Bertz CT molecular complexity index is 628. The number of nitrogens with one attached hydrogen (secondary N) is 3. The summed E-state index contributed by atoms with van der Waals surface area (Å²) in [5.41, 5.74) is 1.17. The average Bonchev–Trinajstić information content (AvgIpc) is 2.46. The zero-order valence-corrected chi connectivity index (χ0v) is 13.5. The Morgan fingerprint density at radius 2 is 2.09 bits per heavy atom. The highest BCUT2D eigenvalue weighted by molar-refractivity contribution is 7.83. The fourth-order valence-electron chi connectivity index (χ4n) is 1.53. The van der Waals surface area contributed by atoms with Gasteiger partial charge in [0.15, 0.2) is 0 Å². The molecule has 0 saturated heterocycles. The topological polar surface area (TPSA) is 87.3 Å². The Morgan fingerprint density at radius 3 is 2.73 bits per heavy atom. The van der Waals surface area contributed by atoms with Crippen molar-refractivity contribution in [1.82, 2.24) is 10.6 Å². The van der Waals surface area contributed by atoms with Gasteiger partial charge in [0.25, 0.3) is 0 Å². The maximum absolute atomic E-state index is 11.7. The van der Waals surface area contributed by atoms with E-state index >= 15 is 0 Å². The smallest absolute Gasteiger partial charge is 0.319 e. The highest BCUT2D eigenvalue weighted by Gasteiger charge is 2.08. The number of hydrogen-bond acceptors (Lipinski definition) is 3. The number of benzene rings is 1.